The minimum Gasteiger partial charge on any atom is -0.441 e. The summed E-state index contributed by atoms with van der Waals surface area (Å²) in [4.78, 5) is 39.6. The molecule has 7 nitrogen and oxygen atoms in total. The van der Waals surface area contributed by atoms with Crippen LogP contribution in [0.4, 0.5) is 13.2 Å². The first-order chi connectivity index (χ1) is 21.8. The van der Waals surface area contributed by atoms with Crippen LogP contribution in [0.25, 0.3) is 21.9 Å². The van der Waals surface area contributed by atoms with Crippen LogP contribution in [0.15, 0.2) is 65.2 Å². The second-order valence-corrected chi connectivity index (χ2v) is 12.3. The Kier molecular flexibility index (Phi) is 7.48. The first-order valence-corrected chi connectivity index (χ1v) is 15.5. The Bertz CT molecular complexity index is 1950. The van der Waals surface area contributed by atoms with Gasteiger partial charge in [0.05, 0.1) is 39.6 Å². The molecule has 1 saturated heterocycles. The van der Waals surface area contributed by atoms with E-state index in [1.807, 2.05) is 4.90 Å². The standard InChI is InChI=1S/C34H27F3N4O3S/c1-18-16-39-33(44-18)28-24(11-7-19-4-8-21(35)9-5-19)40-31-25-3-2-14-41(25)34(43)30(31)29(28)26-12-13-27(45-26)32(42)38-17-20-6-10-22(36)23(37)15-20/h4-6,8-10,12-13,15-16,25H,2-3,7,11,14,17H2,1H3,(H,38,42)/t25-/m1/s1. The molecule has 11 heteroatoms. The summed E-state index contributed by atoms with van der Waals surface area (Å²) in [5.41, 5.74) is 4.48. The topological polar surface area (TPSA) is 88.3 Å². The largest absolute Gasteiger partial charge is 0.441 e. The van der Waals surface area contributed by atoms with Crippen LogP contribution in [0.1, 0.15) is 67.2 Å². The third-order valence-corrected chi connectivity index (χ3v) is 9.36. The van der Waals surface area contributed by atoms with Crippen molar-refractivity contribution in [1.82, 2.24) is 20.2 Å². The van der Waals surface area contributed by atoms with Crippen molar-refractivity contribution in [1.29, 1.82) is 0 Å². The number of rotatable bonds is 8. The molecular formula is C34H27F3N4O3S. The molecule has 0 radical (unpaired) electrons. The number of carbonyl (C=O) groups excluding carboxylic acids is 2. The van der Waals surface area contributed by atoms with Crippen molar-refractivity contribution < 1.29 is 27.2 Å². The number of thiophene rings is 1. The van der Waals surface area contributed by atoms with Crippen molar-refractivity contribution in [3.8, 4) is 21.9 Å². The van der Waals surface area contributed by atoms with Gasteiger partial charge in [-0.2, -0.15) is 0 Å². The lowest BCUT2D eigenvalue weighted by atomic mass is 9.93. The van der Waals surface area contributed by atoms with Crippen molar-refractivity contribution in [3.05, 3.63) is 117 Å². The number of benzene rings is 2. The minimum atomic E-state index is -0.985. The molecule has 0 saturated carbocycles. The third-order valence-electron chi connectivity index (χ3n) is 8.26. The number of amides is 2. The average Bonchev–Trinajstić information content (AvgIpc) is 3.84. The van der Waals surface area contributed by atoms with Gasteiger partial charge in [0.15, 0.2) is 11.6 Å². The highest BCUT2D eigenvalue weighted by Gasteiger charge is 2.44. The Morgan fingerprint density at radius 3 is 2.56 bits per heavy atom. The summed E-state index contributed by atoms with van der Waals surface area (Å²) in [6.45, 7) is 2.44. The second kappa shape index (κ2) is 11.6. The third kappa shape index (κ3) is 5.41. The fraction of sp³-hybridized carbons (Fsp3) is 0.235. The Morgan fingerprint density at radius 2 is 1.80 bits per heavy atom. The molecule has 1 N–H and O–H groups in total. The molecule has 2 aliphatic rings. The van der Waals surface area contributed by atoms with Crippen LogP contribution in [0.5, 0.6) is 0 Å². The zero-order chi connectivity index (χ0) is 31.2. The van der Waals surface area contributed by atoms with Crippen molar-refractivity contribution >= 4 is 23.2 Å². The van der Waals surface area contributed by atoms with Crippen LogP contribution in [0.3, 0.4) is 0 Å². The molecule has 0 spiro atoms. The number of aromatic nitrogens is 2. The number of carbonyl (C=O) groups is 2. The van der Waals surface area contributed by atoms with Gasteiger partial charge < -0.3 is 14.6 Å². The van der Waals surface area contributed by atoms with Crippen LogP contribution in [0, 0.1) is 24.4 Å². The smallest absolute Gasteiger partial charge is 0.261 e. The van der Waals surface area contributed by atoms with Crippen LogP contribution in [0.2, 0.25) is 0 Å². The first-order valence-electron chi connectivity index (χ1n) is 14.6. The number of fused-ring (bicyclic) bond motifs is 3. The predicted molar refractivity (Wildman–Crippen MR) is 162 cm³/mol. The van der Waals surface area contributed by atoms with E-state index in [4.69, 9.17) is 9.40 Å². The number of hydrogen-bond acceptors (Lipinski definition) is 6. The lowest BCUT2D eigenvalue weighted by Gasteiger charge is -2.16. The molecule has 0 bridgehead atoms. The van der Waals surface area contributed by atoms with E-state index in [1.165, 1.54) is 29.5 Å². The highest BCUT2D eigenvalue weighted by atomic mass is 32.1. The molecule has 5 aromatic rings. The van der Waals surface area contributed by atoms with E-state index < -0.39 is 17.5 Å². The van der Waals surface area contributed by atoms with Gasteiger partial charge >= 0.3 is 0 Å². The fourth-order valence-electron chi connectivity index (χ4n) is 6.10. The molecule has 45 heavy (non-hydrogen) atoms. The number of halogens is 3. The van der Waals surface area contributed by atoms with Gasteiger partial charge in [0.1, 0.15) is 11.6 Å². The van der Waals surface area contributed by atoms with Gasteiger partial charge in [0.2, 0.25) is 5.89 Å². The minimum absolute atomic E-state index is 0.0113. The van der Waals surface area contributed by atoms with E-state index in [2.05, 4.69) is 10.3 Å². The fourth-order valence-corrected chi connectivity index (χ4v) is 7.09. The average molecular weight is 629 g/mol. The molecule has 7 rings (SSSR count). The van der Waals surface area contributed by atoms with E-state index in [0.717, 1.165) is 30.5 Å². The van der Waals surface area contributed by atoms with Gasteiger partial charge in [0.25, 0.3) is 11.8 Å². The monoisotopic (exact) mass is 628 g/mol. The summed E-state index contributed by atoms with van der Waals surface area (Å²) in [5, 5.41) is 2.76. The molecule has 0 unspecified atom stereocenters. The Hall–Kier alpha value is -4.77. The summed E-state index contributed by atoms with van der Waals surface area (Å²) >= 11 is 1.22. The van der Waals surface area contributed by atoms with E-state index >= 15 is 0 Å². The van der Waals surface area contributed by atoms with Crippen molar-refractivity contribution in [2.45, 2.75) is 45.2 Å². The van der Waals surface area contributed by atoms with Gasteiger partial charge in [-0.1, -0.05) is 18.2 Å². The highest BCUT2D eigenvalue weighted by Crippen LogP contribution is 2.49. The Morgan fingerprint density at radius 1 is 1.00 bits per heavy atom. The SMILES string of the molecule is Cc1cnc(-c2c(CCc3ccc(F)cc3)nc3c(c2-c2ccc(C(=O)NCc4ccc(F)c(F)c4)s2)C(=O)N2CCC[C@H]32)o1. The zero-order valence-electron chi connectivity index (χ0n) is 24.2. The lowest BCUT2D eigenvalue weighted by Crippen LogP contribution is -2.22. The van der Waals surface area contributed by atoms with E-state index in [-0.39, 0.29) is 24.3 Å². The van der Waals surface area contributed by atoms with Crippen LogP contribution >= 0.6 is 11.3 Å². The Balaban J connectivity index is 1.31. The summed E-state index contributed by atoms with van der Waals surface area (Å²) in [7, 11) is 0. The molecule has 2 aliphatic heterocycles. The van der Waals surface area contributed by atoms with Gasteiger partial charge in [-0.25, -0.2) is 18.2 Å². The molecule has 3 aromatic heterocycles. The van der Waals surface area contributed by atoms with Gasteiger partial charge in [0, 0.05) is 23.5 Å². The lowest BCUT2D eigenvalue weighted by molar-refractivity contribution is 0.0776. The first kappa shape index (κ1) is 29.0. The molecule has 5 heterocycles. The zero-order valence-corrected chi connectivity index (χ0v) is 25.0. The summed E-state index contributed by atoms with van der Waals surface area (Å²) in [5.74, 6) is -1.83. The summed E-state index contributed by atoms with van der Waals surface area (Å²) < 4.78 is 46.6. The maximum Gasteiger partial charge on any atom is 0.261 e. The van der Waals surface area contributed by atoms with Crippen molar-refractivity contribution in [3.63, 3.8) is 0 Å². The van der Waals surface area contributed by atoms with Gasteiger partial charge in [-0.3, -0.25) is 14.6 Å². The molecule has 1 atom stereocenters. The number of nitrogens with one attached hydrogen (secondary N) is 1. The molecule has 0 aliphatic carbocycles. The number of aryl methyl sites for hydroxylation is 3. The molecule has 1 fully saturated rings. The molecular weight excluding hydrogens is 601 g/mol. The second-order valence-electron chi connectivity index (χ2n) is 11.2. The summed E-state index contributed by atoms with van der Waals surface area (Å²) in [6.07, 6.45) is 4.36. The van der Waals surface area contributed by atoms with Crippen LogP contribution in [-0.4, -0.2) is 33.2 Å². The molecule has 228 valence electrons. The molecule has 2 amide bonds. The van der Waals surface area contributed by atoms with Crippen LogP contribution < -0.4 is 5.32 Å². The maximum atomic E-state index is 13.9. The highest BCUT2D eigenvalue weighted by molar-refractivity contribution is 7.17. The van der Waals surface area contributed by atoms with E-state index in [0.29, 0.717) is 74.4 Å². The van der Waals surface area contributed by atoms with Gasteiger partial charge in [-0.05, 0) is 80.1 Å². The van der Waals surface area contributed by atoms with E-state index in [1.54, 1.807) is 37.4 Å². The van der Waals surface area contributed by atoms with E-state index in [9.17, 15) is 22.8 Å². The summed E-state index contributed by atoms with van der Waals surface area (Å²) in [6, 6.07) is 13.2. The Labute approximate surface area is 260 Å². The van der Waals surface area contributed by atoms with Crippen molar-refractivity contribution in [2.75, 3.05) is 6.54 Å². The van der Waals surface area contributed by atoms with Gasteiger partial charge in [-0.15, -0.1) is 11.3 Å². The molecule has 2 aromatic carbocycles. The normalized spacial score (nSPS) is 15.4. The maximum absolute atomic E-state index is 13.9. The number of nitrogens with zero attached hydrogens (tertiary/aromatic N) is 3. The number of oxazole rings is 1. The van der Waals surface area contributed by atoms with Crippen LogP contribution in [-0.2, 0) is 19.4 Å². The predicted octanol–water partition coefficient (Wildman–Crippen LogP) is 7.20. The quantitative estimate of drug-likeness (QED) is 0.196. The van der Waals surface area contributed by atoms with Crippen molar-refractivity contribution in [2.24, 2.45) is 0 Å². The number of hydrogen-bond donors (Lipinski definition) is 1. The number of pyridine rings is 1.